The minimum atomic E-state index is -3.73. The molecular formula is C26H18N6O2S. The van der Waals surface area contributed by atoms with E-state index in [9.17, 15) is 8.42 Å². The number of anilines is 1. The van der Waals surface area contributed by atoms with E-state index in [1.54, 1.807) is 47.2 Å². The zero-order valence-corrected chi connectivity index (χ0v) is 19.1. The summed E-state index contributed by atoms with van der Waals surface area (Å²) in [6.07, 6.45) is 3.41. The maximum atomic E-state index is 12.9. The Morgan fingerprint density at radius 2 is 1.57 bits per heavy atom. The second-order valence-electron chi connectivity index (χ2n) is 7.95. The van der Waals surface area contributed by atoms with Crippen LogP contribution in [0.25, 0.3) is 39.1 Å². The monoisotopic (exact) mass is 478 g/mol. The Morgan fingerprint density at radius 3 is 2.37 bits per heavy atom. The third kappa shape index (κ3) is 3.98. The van der Waals surface area contributed by atoms with Crippen molar-refractivity contribution in [2.75, 3.05) is 4.72 Å². The van der Waals surface area contributed by atoms with Gasteiger partial charge in [0.05, 0.1) is 10.6 Å². The Balaban J connectivity index is 1.28. The van der Waals surface area contributed by atoms with E-state index in [2.05, 4.69) is 25.0 Å². The Labute approximate surface area is 201 Å². The molecule has 3 aromatic carbocycles. The number of hydrogen-bond acceptors (Lipinski definition) is 6. The van der Waals surface area contributed by atoms with Crippen LogP contribution < -0.4 is 4.72 Å². The lowest BCUT2D eigenvalue weighted by atomic mass is 10.1. The highest BCUT2D eigenvalue weighted by atomic mass is 32.2. The molecule has 3 aromatic heterocycles. The fourth-order valence-corrected chi connectivity index (χ4v) is 4.97. The zero-order chi connectivity index (χ0) is 23.8. The zero-order valence-electron chi connectivity index (χ0n) is 18.3. The van der Waals surface area contributed by atoms with Gasteiger partial charge in [-0.15, -0.1) is 10.2 Å². The van der Waals surface area contributed by atoms with Crippen LogP contribution >= 0.6 is 0 Å². The molecule has 170 valence electrons. The van der Waals surface area contributed by atoms with Crippen LogP contribution in [0, 0.1) is 0 Å². The number of benzene rings is 3. The minimum absolute atomic E-state index is 0.211. The summed E-state index contributed by atoms with van der Waals surface area (Å²) in [5.41, 5.74) is 3.41. The molecule has 6 rings (SSSR count). The molecule has 6 aromatic rings. The van der Waals surface area contributed by atoms with Gasteiger partial charge in [0.15, 0.2) is 11.5 Å². The Hall–Kier alpha value is -4.63. The molecule has 0 unspecified atom stereocenters. The quantitative estimate of drug-likeness (QED) is 0.382. The van der Waals surface area contributed by atoms with Crippen LogP contribution in [0.4, 0.5) is 5.69 Å². The summed E-state index contributed by atoms with van der Waals surface area (Å²) in [4.78, 5) is 4.35. The summed E-state index contributed by atoms with van der Waals surface area (Å²) in [5.74, 6) is 0.592. The van der Waals surface area contributed by atoms with Gasteiger partial charge in [0, 0.05) is 29.2 Å². The fraction of sp³-hybridized carbons (Fsp3) is 0. The molecule has 35 heavy (non-hydrogen) atoms. The average molecular weight is 479 g/mol. The maximum absolute atomic E-state index is 12.9. The van der Waals surface area contributed by atoms with Crippen LogP contribution in [0.15, 0.2) is 108 Å². The first-order valence-corrected chi connectivity index (χ1v) is 12.3. The van der Waals surface area contributed by atoms with Gasteiger partial charge in [-0.25, -0.2) is 8.42 Å². The number of pyridine rings is 1. The van der Waals surface area contributed by atoms with Gasteiger partial charge in [-0.3, -0.25) is 9.71 Å². The summed E-state index contributed by atoms with van der Waals surface area (Å²) < 4.78 is 30.2. The van der Waals surface area contributed by atoms with Crippen LogP contribution in [0.1, 0.15) is 0 Å². The second kappa shape index (κ2) is 8.30. The molecule has 0 aliphatic rings. The van der Waals surface area contributed by atoms with Crippen molar-refractivity contribution in [1.82, 2.24) is 24.8 Å². The van der Waals surface area contributed by atoms with Gasteiger partial charge in [0.1, 0.15) is 0 Å². The van der Waals surface area contributed by atoms with Crippen LogP contribution in [0.3, 0.4) is 0 Å². The highest BCUT2D eigenvalue weighted by molar-refractivity contribution is 7.92. The lowest BCUT2D eigenvalue weighted by Crippen LogP contribution is -2.12. The summed E-state index contributed by atoms with van der Waals surface area (Å²) in [6, 6.07) is 27.2. The molecular weight excluding hydrogens is 460 g/mol. The second-order valence-corrected chi connectivity index (χ2v) is 9.63. The molecule has 0 radical (unpaired) electrons. The lowest BCUT2D eigenvalue weighted by Gasteiger charge is -2.10. The molecule has 1 N–H and O–H groups in total. The number of fused-ring (bicyclic) bond motifs is 2. The van der Waals surface area contributed by atoms with Crippen molar-refractivity contribution in [2.24, 2.45) is 0 Å². The van der Waals surface area contributed by atoms with E-state index < -0.39 is 10.0 Å². The first kappa shape index (κ1) is 20.9. The molecule has 0 bridgehead atoms. The topological polar surface area (TPSA) is 102 Å². The summed E-state index contributed by atoms with van der Waals surface area (Å²) in [7, 11) is -3.73. The number of aromatic nitrogens is 5. The van der Waals surface area contributed by atoms with Crippen molar-refractivity contribution in [1.29, 1.82) is 0 Å². The van der Waals surface area contributed by atoms with Crippen molar-refractivity contribution in [2.45, 2.75) is 4.90 Å². The van der Waals surface area contributed by atoms with E-state index >= 15 is 0 Å². The average Bonchev–Trinajstić information content (AvgIpc) is 3.32. The van der Waals surface area contributed by atoms with Gasteiger partial charge in [0.25, 0.3) is 10.0 Å². The van der Waals surface area contributed by atoms with Crippen molar-refractivity contribution in [3.63, 3.8) is 0 Å². The SMILES string of the molecule is O=S(=O)(Nc1ccc(-c2ccc3nnc(-c4cccnc4)n3n2)cc1)c1ccc2ccccc2c1. The van der Waals surface area contributed by atoms with Gasteiger partial charge >= 0.3 is 0 Å². The van der Waals surface area contributed by atoms with Gasteiger partial charge in [0.2, 0.25) is 0 Å². The van der Waals surface area contributed by atoms with Crippen LogP contribution in [-0.4, -0.2) is 33.2 Å². The number of nitrogens with zero attached hydrogens (tertiary/aromatic N) is 5. The minimum Gasteiger partial charge on any atom is -0.280 e. The molecule has 0 aliphatic carbocycles. The predicted molar refractivity (Wildman–Crippen MR) is 134 cm³/mol. The normalized spacial score (nSPS) is 11.7. The Morgan fingerprint density at radius 1 is 0.743 bits per heavy atom. The highest BCUT2D eigenvalue weighted by Crippen LogP contribution is 2.25. The van der Waals surface area contributed by atoms with E-state index in [1.165, 1.54) is 0 Å². The molecule has 9 heteroatoms. The van der Waals surface area contributed by atoms with Gasteiger partial charge < -0.3 is 0 Å². The fourth-order valence-electron chi connectivity index (χ4n) is 3.88. The molecule has 0 saturated carbocycles. The summed E-state index contributed by atoms with van der Waals surface area (Å²) in [6.45, 7) is 0. The molecule has 0 fully saturated rings. The van der Waals surface area contributed by atoms with Crippen molar-refractivity contribution < 1.29 is 8.42 Å². The van der Waals surface area contributed by atoms with Crippen molar-refractivity contribution in [3.05, 3.63) is 103 Å². The van der Waals surface area contributed by atoms with Gasteiger partial charge in [-0.05, 0) is 59.3 Å². The standard InChI is InChI=1S/C26H18N6O2S/c33-35(34,23-12-9-18-4-1-2-5-20(18)16-23)31-22-10-7-19(8-11-22)24-13-14-25-28-29-26(32(25)30-24)21-6-3-15-27-17-21/h1-17,31H. The smallest absolute Gasteiger partial charge is 0.261 e. The van der Waals surface area contributed by atoms with Crippen LogP contribution in [0.5, 0.6) is 0 Å². The van der Waals surface area contributed by atoms with Crippen LogP contribution in [0.2, 0.25) is 0 Å². The number of nitrogens with one attached hydrogen (secondary N) is 1. The lowest BCUT2D eigenvalue weighted by molar-refractivity contribution is 0.601. The van der Waals surface area contributed by atoms with E-state index in [0.29, 0.717) is 22.9 Å². The van der Waals surface area contributed by atoms with Gasteiger partial charge in [-0.1, -0.05) is 42.5 Å². The van der Waals surface area contributed by atoms with E-state index in [-0.39, 0.29) is 4.90 Å². The third-order valence-electron chi connectivity index (χ3n) is 5.65. The number of rotatable bonds is 5. The van der Waals surface area contributed by atoms with Crippen molar-refractivity contribution in [3.8, 4) is 22.6 Å². The molecule has 0 aliphatic heterocycles. The maximum Gasteiger partial charge on any atom is 0.261 e. The van der Waals surface area contributed by atoms with Crippen molar-refractivity contribution >= 4 is 32.1 Å². The summed E-state index contributed by atoms with van der Waals surface area (Å²) >= 11 is 0. The largest absolute Gasteiger partial charge is 0.280 e. The Kier molecular flexibility index (Phi) is 4.97. The van der Waals surface area contributed by atoms with E-state index in [4.69, 9.17) is 0 Å². The molecule has 0 amide bonds. The number of sulfonamides is 1. The molecule has 3 heterocycles. The highest BCUT2D eigenvalue weighted by Gasteiger charge is 2.15. The predicted octanol–water partition coefficient (Wildman–Crippen LogP) is 4.81. The third-order valence-corrected chi connectivity index (χ3v) is 7.03. The summed E-state index contributed by atoms with van der Waals surface area (Å²) in [5, 5.41) is 15.0. The molecule has 0 spiro atoms. The first-order valence-electron chi connectivity index (χ1n) is 10.8. The molecule has 0 saturated heterocycles. The van der Waals surface area contributed by atoms with E-state index in [0.717, 1.165) is 21.9 Å². The van der Waals surface area contributed by atoms with Crippen LogP contribution in [-0.2, 0) is 10.0 Å². The molecule has 0 atom stereocenters. The first-order chi connectivity index (χ1) is 17.1. The Bertz CT molecular complexity index is 1780. The van der Waals surface area contributed by atoms with E-state index in [1.807, 2.05) is 60.7 Å². The molecule has 8 nitrogen and oxygen atoms in total. The number of hydrogen-bond donors (Lipinski definition) is 1. The van der Waals surface area contributed by atoms with Gasteiger partial charge in [-0.2, -0.15) is 9.61 Å².